The summed E-state index contributed by atoms with van der Waals surface area (Å²) in [6.45, 7) is 3.83. The van der Waals surface area contributed by atoms with Crippen LogP contribution < -0.4 is 10.6 Å². The van der Waals surface area contributed by atoms with Gasteiger partial charge in [-0.3, -0.25) is 4.79 Å². The monoisotopic (exact) mass is 234 g/mol. The van der Waals surface area contributed by atoms with Gasteiger partial charge in [-0.15, -0.1) is 0 Å². The number of nitrogens with one attached hydrogen (secondary N) is 2. The van der Waals surface area contributed by atoms with E-state index in [2.05, 4.69) is 10.6 Å². The van der Waals surface area contributed by atoms with Gasteiger partial charge in [0.1, 0.15) is 5.76 Å². The Kier molecular flexibility index (Phi) is 2.47. The smallest absolute Gasteiger partial charge is 0.287 e. The first-order valence-corrected chi connectivity index (χ1v) is 6.27. The molecule has 3 unspecified atom stereocenters. The molecule has 0 radical (unpaired) electrons. The van der Waals surface area contributed by atoms with Crippen LogP contribution in [0.15, 0.2) is 10.5 Å². The van der Waals surface area contributed by atoms with E-state index in [-0.39, 0.29) is 11.9 Å². The Hall–Kier alpha value is -1.29. The number of hydrogen-bond donors (Lipinski definition) is 2. The van der Waals surface area contributed by atoms with Crippen LogP contribution in [0.1, 0.15) is 41.1 Å². The topological polar surface area (TPSA) is 54.3 Å². The number of carbonyl (C=O) groups excluding carboxylic acids is 1. The van der Waals surface area contributed by atoms with Crippen LogP contribution in [0.25, 0.3) is 0 Å². The lowest BCUT2D eigenvalue weighted by Gasteiger charge is -2.20. The summed E-state index contributed by atoms with van der Waals surface area (Å²) in [5.41, 5.74) is 1.03. The summed E-state index contributed by atoms with van der Waals surface area (Å²) in [7, 11) is 0. The Morgan fingerprint density at radius 1 is 1.47 bits per heavy atom. The number of carbonyl (C=O) groups is 1. The van der Waals surface area contributed by atoms with Gasteiger partial charge in [0.25, 0.3) is 5.91 Å². The Morgan fingerprint density at radius 2 is 2.29 bits per heavy atom. The molecule has 0 aliphatic carbocycles. The van der Waals surface area contributed by atoms with Crippen LogP contribution in [0.5, 0.6) is 0 Å². The van der Waals surface area contributed by atoms with Crippen LogP contribution in [0, 0.1) is 13.8 Å². The summed E-state index contributed by atoms with van der Waals surface area (Å²) in [5, 5.41) is 6.58. The van der Waals surface area contributed by atoms with Gasteiger partial charge in [-0.1, -0.05) is 0 Å². The molecule has 2 fully saturated rings. The number of rotatable bonds is 2. The summed E-state index contributed by atoms with van der Waals surface area (Å²) in [6.07, 6.45) is 3.47. The Bertz CT molecular complexity index is 433. The first-order chi connectivity index (χ1) is 8.13. The lowest BCUT2D eigenvalue weighted by Crippen LogP contribution is -2.42. The van der Waals surface area contributed by atoms with Gasteiger partial charge in [-0.25, -0.2) is 0 Å². The molecule has 3 atom stereocenters. The first kappa shape index (κ1) is 10.8. The van der Waals surface area contributed by atoms with Gasteiger partial charge >= 0.3 is 0 Å². The molecule has 2 aliphatic heterocycles. The van der Waals surface area contributed by atoms with Crippen LogP contribution >= 0.6 is 0 Å². The molecule has 4 nitrogen and oxygen atoms in total. The van der Waals surface area contributed by atoms with E-state index in [9.17, 15) is 4.79 Å². The minimum absolute atomic E-state index is 0.0828. The van der Waals surface area contributed by atoms with E-state index < -0.39 is 0 Å². The van der Waals surface area contributed by atoms with Crippen LogP contribution in [0.2, 0.25) is 0 Å². The van der Waals surface area contributed by atoms with Gasteiger partial charge in [-0.05, 0) is 44.7 Å². The molecule has 3 rings (SSSR count). The summed E-state index contributed by atoms with van der Waals surface area (Å²) in [4.78, 5) is 12.0. The third kappa shape index (κ3) is 1.86. The molecule has 2 aliphatic rings. The highest BCUT2D eigenvalue weighted by Gasteiger charge is 2.39. The van der Waals surface area contributed by atoms with E-state index in [0.29, 0.717) is 17.8 Å². The summed E-state index contributed by atoms with van der Waals surface area (Å²) < 4.78 is 5.43. The lowest BCUT2D eigenvalue weighted by atomic mass is 9.95. The Labute approximate surface area is 101 Å². The lowest BCUT2D eigenvalue weighted by molar-refractivity contribution is 0.0901. The standard InChI is InChI=1S/C13H18N2O2/c1-7-5-12(17-8(7)2)13(16)15-11-6-9-3-4-10(11)14-9/h5,9-11,14H,3-4,6H2,1-2H3,(H,15,16). The van der Waals surface area contributed by atoms with Crippen molar-refractivity contribution in [3.8, 4) is 0 Å². The largest absolute Gasteiger partial charge is 0.456 e. The van der Waals surface area contributed by atoms with E-state index in [1.54, 1.807) is 0 Å². The first-order valence-electron chi connectivity index (χ1n) is 6.27. The maximum atomic E-state index is 12.0. The van der Waals surface area contributed by atoms with Crippen molar-refractivity contribution >= 4 is 5.91 Å². The van der Waals surface area contributed by atoms with Crippen molar-refractivity contribution < 1.29 is 9.21 Å². The zero-order valence-electron chi connectivity index (χ0n) is 10.2. The average Bonchev–Trinajstić information content (AvgIpc) is 2.95. The van der Waals surface area contributed by atoms with Gasteiger partial charge in [-0.2, -0.15) is 0 Å². The average molecular weight is 234 g/mol. The number of fused-ring (bicyclic) bond motifs is 2. The van der Waals surface area contributed by atoms with Gasteiger partial charge in [0, 0.05) is 18.1 Å². The van der Waals surface area contributed by atoms with Crippen molar-refractivity contribution in [2.75, 3.05) is 0 Å². The molecule has 4 heteroatoms. The van der Waals surface area contributed by atoms with Crippen LogP contribution in [-0.2, 0) is 0 Å². The van der Waals surface area contributed by atoms with Crippen molar-refractivity contribution in [1.29, 1.82) is 0 Å². The molecule has 0 spiro atoms. The highest BCUT2D eigenvalue weighted by molar-refractivity contribution is 5.92. The zero-order chi connectivity index (χ0) is 12.0. The van der Waals surface area contributed by atoms with Crippen LogP contribution in [0.3, 0.4) is 0 Å². The molecule has 1 aromatic rings. The third-order valence-corrected chi connectivity index (χ3v) is 4.01. The SMILES string of the molecule is Cc1cc(C(=O)NC2CC3CCC2N3)oc1C. The predicted octanol–water partition coefficient (Wildman–Crippen LogP) is 1.52. The van der Waals surface area contributed by atoms with Crippen molar-refractivity contribution in [3.63, 3.8) is 0 Å². The number of aryl methyl sites for hydroxylation is 2. The maximum Gasteiger partial charge on any atom is 0.287 e. The molecule has 0 aromatic carbocycles. The molecule has 92 valence electrons. The quantitative estimate of drug-likeness (QED) is 0.815. The molecule has 2 bridgehead atoms. The molecule has 2 saturated heterocycles. The normalized spacial score (nSPS) is 30.8. The third-order valence-electron chi connectivity index (χ3n) is 4.01. The predicted molar refractivity (Wildman–Crippen MR) is 64.0 cm³/mol. The van der Waals surface area contributed by atoms with Crippen molar-refractivity contribution in [3.05, 3.63) is 23.2 Å². The van der Waals surface area contributed by atoms with E-state index >= 15 is 0 Å². The Balaban J connectivity index is 1.67. The minimum Gasteiger partial charge on any atom is -0.456 e. The van der Waals surface area contributed by atoms with E-state index in [1.807, 2.05) is 19.9 Å². The molecule has 3 heterocycles. The minimum atomic E-state index is -0.0828. The van der Waals surface area contributed by atoms with Gasteiger partial charge in [0.2, 0.25) is 0 Å². The van der Waals surface area contributed by atoms with E-state index in [1.165, 1.54) is 12.8 Å². The molecular formula is C13H18N2O2. The van der Waals surface area contributed by atoms with Crippen molar-refractivity contribution in [1.82, 2.24) is 10.6 Å². The van der Waals surface area contributed by atoms with E-state index in [4.69, 9.17) is 4.42 Å². The zero-order valence-corrected chi connectivity index (χ0v) is 10.2. The molecule has 17 heavy (non-hydrogen) atoms. The van der Waals surface area contributed by atoms with Crippen molar-refractivity contribution in [2.45, 2.75) is 51.2 Å². The van der Waals surface area contributed by atoms with Crippen LogP contribution in [-0.4, -0.2) is 24.0 Å². The van der Waals surface area contributed by atoms with Gasteiger partial charge in [0.15, 0.2) is 5.76 Å². The maximum absolute atomic E-state index is 12.0. The summed E-state index contributed by atoms with van der Waals surface area (Å²) in [5.74, 6) is 1.17. The van der Waals surface area contributed by atoms with Crippen LogP contribution in [0.4, 0.5) is 0 Å². The number of furan rings is 1. The Morgan fingerprint density at radius 3 is 2.82 bits per heavy atom. The second-order valence-electron chi connectivity index (χ2n) is 5.21. The molecule has 1 amide bonds. The highest BCUT2D eigenvalue weighted by atomic mass is 16.3. The fourth-order valence-corrected chi connectivity index (χ4v) is 2.91. The van der Waals surface area contributed by atoms with E-state index in [0.717, 1.165) is 17.7 Å². The second kappa shape index (κ2) is 3.88. The van der Waals surface area contributed by atoms with Crippen molar-refractivity contribution in [2.24, 2.45) is 0 Å². The summed E-state index contributed by atoms with van der Waals surface area (Å²) in [6, 6.07) is 3.14. The fraction of sp³-hybridized carbons (Fsp3) is 0.615. The molecular weight excluding hydrogens is 216 g/mol. The molecule has 1 aromatic heterocycles. The molecule has 2 N–H and O–H groups in total. The van der Waals surface area contributed by atoms with Gasteiger partial charge < -0.3 is 15.1 Å². The number of hydrogen-bond acceptors (Lipinski definition) is 3. The summed E-state index contributed by atoms with van der Waals surface area (Å²) >= 11 is 0. The molecule has 0 saturated carbocycles. The van der Waals surface area contributed by atoms with Gasteiger partial charge in [0.05, 0.1) is 0 Å². The highest BCUT2D eigenvalue weighted by Crippen LogP contribution is 2.28. The number of amides is 1. The second-order valence-corrected chi connectivity index (χ2v) is 5.21. The fourth-order valence-electron chi connectivity index (χ4n) is 2.91.